The molecule has 8 nitrogen and oxygen atoms in total. The lowest BCUT2D eigenvalue weighted by atomic mass is 9.92. The number of likely N-dealkylation sites (tertiary alicyclic amines) is 2. The molecule has 0 aromatic carbocycles. The molecule has 0 aliphatic carbocycles. The van der Waals surface area contributed by atoms with Crippen molar-refractivity contribution in [1.29, 1.82) is 0 Å². The van der Waals surface area contributed by atoms with Crippen LogP contribution in [0.25, 0.3) is 0 Å². The molecule has 4 aliphatic rings. The van der Waals surface area contributed by atoms with E-state index in [0.717, 1.165) is 59.0 Å². The number of piperidine rings is 1. The van der Waals surface area contributed by atoms with Gasteiger partial charge in [-0.05, 0) is 72.8 Å². The van der Waals surface area contributed by atoms with Gasteiger partial charge < -0.3 is 23.8 Å². The van der Waals surface area contributed by atoms with E-state index in [2.05, 4.69) is 51.3 Å². The van der Waals surface area contributed by atoms with Gasteiger partial charge in [-0.3, -0.25) is 14.6 Å². The van der Waals surface area contributed by atoms with E-state index in [1.54, 1.807) is 4.90 Å². The Morgan fingerprint density at radius 3 is 1.82 bits per heavy atom. The number of morpholine rings is 1. The van der Waals surface area contributed by atoms with Crippen molar-refractivity contribution in [2.45, 2.75) is 117 Å². The molecule has 4 saturated heterocycles. The second-order valence-corrected chi connectivity index (χ2v) is 14.8. The minimum atomic E-state index is -0.105. The predicted octanol–water partition coefficient (Wildman–Crippen LogP) is 4.45. The summed E-state index contributed by atoms with van der Waals surface area (Å²) < 4.78 is 22.3. The average molecular weight is 556 g/mol. The lowest BCUT2D eigenvalue weighted by Crippen LogP contribution is -2.48. The molecular weight excluding hydrogens is 494 g/mol. The fourth-order valence-corrected chi connectivity index (χ4v) is 5.00. The molecule has 0 aromatic rings. The molecule has 0 N–H and O–H groups in total. The molecule has 2 unspecified atom stereocenters. The van der Waals surface area contributed by atoms with E-state index in [0.29, 0.717) is 24.0 Å². The summed E-state index contributed by atoms with van der Waals surface area (Å²) in [5.41, 5.74) is 0.362. The van der Waals surface area contributed by atoms with Gasteiger partial charge in [0.05, 0.1) is 55.9 Å². The van der Waals surface area contributed by atoms with Gasteiger partial charge in [0, 0.05) is 46.2 Å². The van der Waals surface area contributed by atoms with Gasteiger partial charge in [-0.15, -0.1) is 0 Å². The molecule has 230 valence electrons. The van der Waals surface area contributed by atoms with Crippen LogP contribution >= 0.6 is 0 Å². The maximum Gasteiger partial charge on any atom is 0.222 e. The molecule has 0 radical (unpaired) electrons. The number of ether oxygens (including phenoxy) is 4. The predicted molar refractivity (Wildman–Crippen MR) is 158 cm³/mol. The van der Waals surface area contributed by atoms with Gasteiger partial charge in [0.25, 0.3) is 0 Å². The van der Waals surface area contributed by atoms with Gasteiger partial charge >= 0.3 is 0 Å². The van der Waals surface area contributed by atoms with E-state index >= 15 is 0 Å². The third kappa shape index (κ3) is 15.1. The number of hydrogen-bond acceptors (Lipinski definition) is 7. The number of amides is 1. The summed E-state index contributed by atoms with van der Waals surface area (Å²) in [6.45, 7) is 29.6. The van der Waals surface area contributed by atoms with Crippen molar-refractivity contribution in [3.8, 4) is 0 Å². The minimum absolute atomic E-state index is 0.00318. The molecule has 4 heterocycles. The molecule has 4 fully saturated rings. The molecule has 4 rings (SSSR count). The maximum atomic E-state index is 11.2. The standard InChI is InChI=1S/C11H21NO2.C10H19NO2.C10H21NO/c1-11(2,3)14-10-4-5-12(6-10)9-7-13-8-9;1-10(2,3)13-8-5-6-9(12)11(4)7-8;1-10(2,3)4-5-11-6-8-12-9-7-11/h9-10H,4-8H2,1-3H3;8H,5-7H2,1-4H3;4-9H2,1-3H3. The van der Waals surface area contributed by atoms with Crippen molar-refractivity contribution in [3.05, 3.63) is 0 Å². The summed E-state index contributed by atoms with van der Waals surface area (Å²) in [7, 11) is 1.83. The van der Waals surface area contributed by atoms with Crippen LogP contribution in [0.4, 0.5) is 0 Å². The Morgan fingerprint density at radius 2 is 1.36 bits per heavy atom. The zero-order valence-corrected chi connectivity index (χ0v) is 27.0. The Bertz CT molecular complexity index is 702. The highest BCUT2D eigenvalue weighted by Gasteiger charge is 2.34. The highest BCUT2D eigenvalue weighted by atomic mass is 16.5. The molecule has 8 heteroatoms. The highest BCUT2D eigenvalue weighted by molar-refractivity contribution is 5.76. The van der Waals surface area contributed by atoms with Gasteiger partial charge in [-0.1, -0.05) is 20.8 Å². The van der Waals surface area contributed by atoms with Crippen molar-refractivity contribution in [3.63, 3.8) is 0 Å². The summed E-state index contributed by atoms with van der Waals surface area (Å²) in [6, 6.07) is 0.670. The Hall–Kier alpha value is -0.770. The Balaban J connectivity index is 0.000000206. The third-order valence-corrected chi connectivity index (χ3v) is 7.22. The van der Waals surface area contributed by atoms with Crippen LogP contribution in [0.2, 0.25) is 0 Å². The van der Waals surface area contributed by atoms with E-state index in [-0.39, 0.29) is 23.2 Å². The summed E-state index contributed by atoms with van der Waals surface area (Å²) >= 11 is 0. The number of hydrogen-bond donors (Lipinski definition) is 0. The third-order valence-electron chi connectivity index (χ3n) is 7.22. The minimum Gasteiger partial charge on any atom is -0.379 e. The van der Waals surface area contributed by atoms with E-state index in [9.17, 15) is 4.79 Å². The van der Waals surface area contributed by atoms with Gasteiger partial charge in [0.1, 0.15) is 0 Å². The summed E-state index contributed by atoms with van der Waals surface area (Å²) in [6.07, 6.45) is 4.58. The monoisotopic (exact) mass is 555 g/mol. The Kier molecular flexibility index (Phi) is 13.6. The van der Waals surface area contributed by atoms with Crippen molar-refractivity contribution in [2.75, 3.05) is 72.7 Å². The molecular formula is C31H61N3O5. The van der Waals surface area contributed by atoms with E-state index in [1.807, 2.05) is 27.8 Å². The highest BCUT2D eigenvalue weighted by Crippen LogP contribution is 2.23. The second-order valence-electron chi connectivity index (χ2n) is 14.8. The molecule has 39 heavy (non-hydrogen) atoms. The molecule has 2 atom stereocenters. The summed E-state index contributed by atoms with van der Waals surface area (Å²) in [4.78, 5) is 17.9. The molecule has 4 aliphatic heterocycles. The first-order valence-electron chi connectivity index (χ1n) is 15.2. The van der Waals surface area contributed by atoms with Gasteiger partial charge in [0.2, 0.25) is 5.91 Å². The van der Waals surface area contributed by atoms with Crippen LogP contribution in [0.15, 0.2) is 0 Å². The van der Waals surface area contributed by atoms with Crippen LogP contribution in [-0.4, -0.2) is 123 Å². The normalized spacial score (nSPS) is 25.9. The molecule has 1 amide bonds. The maximum absolute atomic E-state index is 11.2. The van der Waals surface area contributed by atoms with Gasteiger partial charge in [0.15, 0.2) is 0 Å². The number of nitrogens with zero attached hydrogens (tertiary/aromatic N) is 3. The van der Waals surface area contributed by atoms with E-state index in [1.165, 1.54) is 25.9 Å². The van der Waals surface area contributed by atoms with Crippen LogP contribution in [0.1, 0.15) is 88.0 Å². The largest absolute Gasteiger partial charge is 0.379 e. The number of carbonyl (C=O) groups is 1. The molecule has 0 aromatic heterocycles. The summed E-state index contributed by atoms with van der Waals surface area (Å²) in [5, 5.41) is 0. The first-order valence-corrected chi connectivity index (χ1v) is 15.2. The molecule has 0 spiro atoms. The van der Waals surface area contributed by atoms with Crippen molar-refractivity contribution < 1.29 is 23.7 Å². The van der Waals surface area contributed by atoms with Crippen LogP contribution < -0.4 is 0 Å². The van der Waals surface area contributed by atoms with Crippen molar-refractivity contribution >= 4 is 5.91 Å². The molecule has 0 bridgehead atoms. The summed E-state index contributed by atoms with van der Waals surface area (Å²) in [5.74, 6) is 0.230. The quantitative estimate of drug-likeness (QED) is 0.497. The zero-order valence-electron chi connectivity index (χ0n) is 27.0. The van der Waals surface area contributed by atoms with Gasteiger partial charge in [-0.2, -0.15) is 0 Å². The van der Waals surface area contributed by atoms with Gasteiger partial charge in [-0.25, -0.2) is 0 Å². The van der Waals surface area contributed by atoms with Crippen LogP contribution in [0, 0.1) is 5.41 Å². The lowest BCUT2D eigenvalue weighted by molar-refractivity contribution is -0.142. The number of likely N-dealkylation sites (N-methyl/N-ethyl adjacent to an activating group) is 1. The van der Waals surface area contributed by atoms with E-state index < -0.39 is 0 Å². The van der Waals surface area contributed by atoms with Crippen LogP contribution in [0.3, 0.4) is 0 Å². The lowest BCUT2D eigenvalue weighted by Gasteiger charge is -2.34. The Morgan fingerprint density at radius 1 is 0.795 bits per heavy atom. The van der Waals surface area contributed by atoms with Crippen molar-refractivity contribution in [1.82, 2.24) is 14.7 Å². The smallest absolute Gasteiger partial charge is 0.222 e. The molecule has 0 saturated carbocycles. The fourth-order valence-electron chi connectivity index (χ4n) is 5.00. The van der Waals surface area contributed by atoms with Crippen molar-refractivity contribution in [2.24, 2.45) is 5.41 Å². The second kappa shape index (κ2) is 15.5. The van der Waals surface area contributed by atoms with E-state index in [4.69, 9.17) is 18.9 Å². The first-order chi connectivity index (χ1) is 18.0. The average Bonchev–Trinajstić information content (AvgIpc) is 3.20. The van der Waals surface area contributed by atoms with Crippen LogP contribution in [0.5, 0.6) is 0 Å². The first kappa shape index (κ1) is 34.4. The SMILES string of the molecule is CC(C)(C)CCN1CCOCC1.CC(C)(C)OC1CCN(C2COC2)C1.CN1CC(OC(C)(C)C)CCC1=O. The van der Waals surface area contributed by atoms with Crippen LogP contribution in [-0.2, 0) is 23.7 Å². The topological polar surface area (TPSA) is 63.7 Å². The fraction of sp³-hybridized carbons (Fsp3) is 0.968. The Labute approximate surface area is 240 Å². The number of rotatable bonds is 5. The number of carbonyl (C=O) groups excluding carboxylic acids is 1. The zero-order chi connectivity index (χ0) is 29.3.